The number of hydrogen-bond donors (Lipinski definition) is 1. The number of ether oxygens (including phenoxy) is 3. The van der Waals surface area contributed by atoms with E-state index >= 15 is 0 Å². The minimum atomic E-state index is -4.39. The second-order valence-corrected chi connectivity index (χ2v) is 6.43. The zero-order chi connectivity index (χ0) is 19.0. The Bertz CT molecular complexity index is 817. The van der Waals surface area contributed by atoms with Crippen molar-refractivity contribution in [1.29, 1.82) is 0 Å². The lowest BCUT2D eigenvalue weighted by Crippen LogP contribution is -2.39. The highest BCUT2D eigenvalue weighted by Crippen LogP contribution is 2.43. The molecule has 1 atom stereocenters. The molecule has 2 aromatic carbocycles. The van der Waals surface area contributed by atoms with E-state index in [0.29, 0.717) is 48.9 Å². The van der Waals surface area contributed by atoms with Gasteiger partial charge in [-0.2, -0.15) is 13.2 Å². The fourth-order valence-electron chi connectivity index (χ4n) is 3.44. The van der Waals surface area contributed by atoms with Crippen LogP contribution in [0.1, 0.15) is 22.7 Å². The van der Waals surface area contributed by atoms with E-state index in [2.05, 4.69) is 4.90 Å². The molecule has 2 aliphatic heterocycles. The third-order valence-corrected chi connectivity index (χ3v) is 4.78. The van der Waals surface area contributed by atoms with Crippen LogP contribution in [0.15, 0.2) is 36.4 Å². The molecule has 0 amide bonds. The third kappa shape index (κ3) is 3.54. The summed E-state index contributed by atoms with van der Waals surface area (Å²) in [5, 5.41) is 10.5. The number of morpholine rings is 1. The molecule has 0 aromatic heterocycles. The molecule has 2 heterocycles. The van der Waals surface area contributed by atoms with Gasteiger partial charge in [0.15, 0.2) is 11.5 Å². The number of benzene rings is 2. The predicted molar refractivity (Wildman–Crippen MR) is 89.9 cm³/mol. The minimum absolute atomic E-state index is 0.00985. The minimum Gasteiger partial charge on any atom is -0.507 e. The van der Waals surface area contributed by atoms with Gasteiger partial charge in [-0.15, -0.1) is 0 Å². The fourth-order valence-corrected chi connectivity index (χ4v) is 3.44. The van der Waals surface area contributed by atoms with Gasteiger partial charge < -0.3 is 19.3 Å². The molecule has 0 bridgehead atoms. The number of fused-ring (bicyclic) bond motifs is 1. The van der Waals surface area contributed by atoms with Gasteiger partial charge in [0.05, 0.1) is 24.8 Å². The summed E-state index contributed by atoms with van der Waals surface area (Å²) in [6.45, 7) is 2.30. The first-order valence-electron chi connectivity index (χ1n) is 8.55. The summed E-state index contributed by atoms with van der Waals surface area (Å²) in [6, 6.07) is 7.77. The molecule has 8 heteroatoms. The zero-order valence-corrected chi connectivity index (χ0v) is 14.3. The number of nitrogens with zero attached hydrogens (tertiary/aromatic N) is 1. The van der Waals surface area contributed by atoms with Crippen molar-refractivity contribution in [2.24, 2.45) is 0 Å². The van der Waals surface area contributed by atoms with Crippen LogP contribution in [0.3, 0.4) is 0 Å². The SMILES string of the molecule is Oc1cc2c(cc1[C@@H](c1ccc(C(F)(F)F)cc1)N1CCOCC1)OCO2. The molecule has 0 aliphatic carbocycles. The van der Waals surface area contributed by atoms with Crippen LogP contribution in [-0.4, -0.2) is 43.1 Å². The van der Waals surface area contributed by atoms with Crippen LogP contribution in [0.5, 0.6) is 17.2 Å². The van der Waals surface area contributed by atoms with Gasteiger partial charge in [-0.3, -0.25) is 4.90 Å². The maximum atomic E-state index is 12.9. The Morgan fingerprint density at radius 2 is 1.59 bits per heavy atom. The second kappa shape index (κ2) is 6.94. The number of phenolic OH excluding ortho intramolecular Hbond substituents is 1. The van der Waals surface area contributed by atoms with Crippen molar-refractivity contribution < 1.29 is 32.5 Å². The average molecular weight is 381 g/mol. The molecular formula is C19H18F3NO4. The zero-order valence-electron chi connectivity index (χ0n) is 14.3. The number of halogens is 3. The highest BCUT2D eigenvalue weighted by atomic mass is 19.4. The van der Waals surface area contributed by atoms with Gasteiger partial charge in [0, 0.05) is 24.7 Å². The number of hydrogen-bond acceptors (Lipinski definition) is 5. The first kappa shape index (κ1) is 17.9. The molecule has 0 spiro atoms. The van der Waals surface area contributed by atoms with Crippen LogP contribution < -0.4 is 9.47 Å². The van der Waals surface area contributed by atoms with Gasteiger partial charge in [-0.1, -0.05) is 12.1 Å². The van der Waals surface area contributed by atoms with Crippen molar-refractivity contribution in [3.63, 3.8) is 0 Å². The maximum Gasteiger partial charge on any atom is 0.416 e. The Labute approximate surface area is 153 Å². The van der Waals surface area contributed by atoms with Crippen LogP contribution in [0, 0.1) is 0 Å². The molecule has 1 N–H and O–H groups in total. The molecule has 27 heavy (non-hydrogen) atoms. The van der Waals surface area contributed by atoms with Crippen LogP contribution in [-0.2, 0) is 10.9 Å². The number of aromatic hydroxyl groups is 1. The lowest BCUT2D eigenvalue weighted by Gasteiger charge is -2.35. The van der Waals surface area contributed by atoms with E-state index in [0.717, 1.165) is 12.1 Å². The van der Waals surface area contributed by atoms with E-state index in [9.17, 15) is 18.3 Å². The molecule has 5 nitrogen and oxygen atoms in total. The van der Waals surface area contributed by atoms with Gasteiger partial charge in [0.25, 0.3) is 0 Å². The predicted octanol–water partition coefficient (Wildman–Crippen LogP) is 3.56. The molecule has 0 unspecified atom stereocenters. The smallest absolute Gasteiger partial charge is 0.416 e. The van der Waals surface area contributed by atoms with E-state index in [1.807, 2.05) is 0 Å². The van der Waals surface area contributed by atoms with Crippen LogP contribution in [0.4, 0.5) is 13.2 Å². The molecule has 1 fully saturated rings. The van der Waals surface area contributed by atoms with Crippen molar-refractivity contribution in [2.45, 2.75) is 12.2 Å². The Morgan fingerprint density at radius 1 is 0.963 bits per heavy atom. The molecule has 0 radical (unpaired) electrons. The van der Waals surface area contributed by atoms with Gasteiger partial charge >= 0.3 is 6.18 Å². The first-order valence-corrected chi connectivity index (χ1v) is 8.55. The van der Waals surface area contributed by atoms with Crippen LogP contribution in [0.25, 0.3) is 0 Å². The van der Waals surface area contributed by atoms with Gasteiger partial charge in [-0.25, -0.2) is 0 Å². The topological polar surface area (TPSA) is 51.2 Å². The summed E-state index contributed by atoms with van der Waals surface area (Å²) in [5.41, 5.74) is 0.502. The standard InChI is InChI=1S/C19H18F3NO4/c20-19(21,22)13-3-1-12(2-4-13)18(23-5-7-25-8-6-23)14-9-16-17(10-15(14)24)27-11-26-16/h1-4,9-10,18,24H,5-8,11H2/t18-/m1/s1. The average Bonchev–Trinajstić information content (AvgIpc) is 3.10. The summed E-state index contributed by atoms with van der Waals surface area (Å²) in [4.78, 5) is 2.07. The molecule has 0 saturated carbocycles. The normalized spacial score (nSPS) is 18.5. The van der Waals surface area contributed by atoms with Crippen molar-refractivity contribution in [2.75, 3.05) is 33.1 Å². The van der Waals surface area contributed by atoms with Crippen LogP contribution in [0.2, 0.25) is 0 Å². The Kier molecular flexibility index (Phi) is 4.61. The molecule has 144 valence electrons. The number of phenols is 1. The molecule has 1 saturated heterocycles. The summed E-state index contributed by atoms with van der Waals surface area (Å²) in [7, 11) is 0. The second-order valence-electron chi connectivity index (χ2n) is 6.43. The molecule has 2 aliphatic rings. The number of rotatable bonds is 3. The van der Waals surface area contributed by atoms with E-state index < -0.39 is 17.8 Å². The van der Waals surface area contributed by atoms with Crippen molar-refractivity contribution in [3.05, 3.63) is 53.1 Å². The van der Waals surface area contributed by atoms with Gasteiger partial charge in [0.1, 0.15) is 5.75 Å². The quantitative estimate of drug-likeness (QED) is 0.881. The highest BCUT2D eigenvalue weighted by molar-refractivity contribution is 5.54. The Balaban J connectivity index is 1.76. The third-order valence-electron chi connectivity index (χ3n) is 4.78. The van der Waals surface area contributed by atoms with Crippen molar-refractivity contribution in [3.8, 4) is 17.2 Å². The summed E-state index contributed by atoms with van der Waals surface area (Å²) < 4.78 is 54.8. The van der Waals surface area contributed by atoms with Gasteiger partial charge in [0.2, 0.25) is 6.79 Å². The van der Waals surface area contributed by atoms with Gasteiger partial charge in [-0.05, 0) is 23.8 Å². The van der Waals surface area contributed by atoms with Crippen molar-refractivity contribution in [1.82, 2.24) is 4.90 Å². The summed E-state index contributed by atoms with van der Waals surface area (Å²) in [5.74, 6) is 0.966. The lowest BCUT2D eigenvalue weighted by atomic mass is 9.94. The summed E-state index contributed by atoms with van der Waals surface area (Å²) in [6.07, 6.45) is -4.39. The largest absolute Gasteiger partial charge is 0.507 e. The van der Waals surface area contributed by atoms with Crippen LogP contribution >= 0.6 is 0 Å². The van der Waals surface area contributed by atoms with E-state index in [4.69, 9.17) is 14.2 Å². The molecular weight excluding hydrogens is 363 g/mol. The molecule has 4 rings (SSSR count). The maximum absolute atomic E-state index is 12.9. The van der Waals surface area contributed by atoms with E-state index in [1.165, 1.54) is 18.2 Å². The first-order chi connectivity index (χ1) is 12.9. The van der Waals surface area contributed by atoms with E-state index in [1.54, 1.807) is 6.07 Å². The number of alkyl halides is 3. The lowest BCUT2D eigenvalue weighted by molar-refractivity contribution is -0.137. The van der Waals surface area contributed by atoms with Crippen molar-refractivity contribution >= 4 is 0 Å². The molecule has 2 aromatic rings. The van der Waals surface area contributed by atoms with E-state index in [-0.39, 0.29) is 12.5 Å². The monoisotopic (exact) mass is 381 g/mol. The Morgan fingerprint density at radius 3 is 2.22 bits per heavy atom. The fraction of sp³-hybridized carbons (Fsp3) is 0.368. The summed E-state index contributed by atoms with van der Waals surface area (Å²) >= 11 is 0. The highest BCUT2D eigenvalue weighted by Gasteiger charge is 2.32. The Hall–Kier alpha value is -2.45.